The first-order valence-electron chi connectivity index (χ1n) is 10.2. The zero-order valence-corrected chi connectivity index (χ0v) is 19.1. The highest BCUT2D eigenvalue weighted by molar-refractivity contribution is 7.99. The van der Waals surface area contributed by atoms with Crippen molar-refractivity contribution >= 4 is 33.3 Å². The Morgan fingerprint density at radius 1 is 1.32 bits per heavy atom. The lowest BCUT2D eigenvalue weighted by Crippen LogP contribution is -2.15. The number of hydrogen-bond donors (Lipinski definition) is 1. The SMILES string of the molecule is COc1ccc(-n2nnnc2SC(C)c2nc3sc4c(c3c(=O)[nH]2)CCC(C)C4)cc1. The Labute approximate surface area is 187 Å². The lowest BCUT2D eigenvalue weighted by Gasteiger charge is -2.17. The van der Waals surface area contributed by atoms with Crippen molar-refractivity contribution in [3.63, 3.8) is 0 Å². The highest BCUT2D eigenvalue weighted by Gasteiger charge is 2.24. The molecular formula is C21H22N6O2S2. The van der Waals surface area contributed by atoms with Crippen molar-refractivity contribution in [2.45, 2.75) is 43.5 Å². The van der Waals surface area contributed by atoms with Crippen LogP contribution in [0.3, 0.4) is 0 Å². The molecule has 1 N–H and O–H groups in total. The Morgan fingerprint density at radius 3 is 2.90 bits per heavy atom. The van der Waals surface area contributed by atoms with Crippen LogP contribution in [0.4, 0.5) is 0 Å². The molecule has 3 aromatic heterocycles. The number of hydrogen-bond acceptors (Lipinski definition) is 8. The Bertz CT molecular complexity index is 1290. The quantitative estimate of drug-likeness (QED) is 0.456. The van der Waals surface area contributed by atoms with E-state index in [4.69, 9.17) is 9.72 Å². The van der Waals surface area contributed by atoms with E-state index in [1.807, 2.05) is 31.2 Å². The largest absolute Gasteiger partial charge is 0.497 e. The number of thiophene rings is 1. The zero-order valence-electron chi connectivity index (χ0n) is 17.5. The predicted octanol–water partition coefficient (Wildman–Crippen LogP) is 3.95. The fourth-order valence-corrected chi connectivity index (χ4v) is 6.17. The van der Waals surface area contributed by atoms with Gasteiger partial charge in [-0.25, -0.2) is 4.98 Å². The molecule has 0 spiro atoms. The molecule has 0 bridgehead atoms. The van der Waals surface area contributed by atoms with Crippen LogP contribution in [-0.2, 0) is 12.8 Å². The van der Waals surface area contributed by atoms with E-state index in [2.05, 4.69) is 27.4 Å². The van der Waals surface area contributed by atoms with Crippen molar-refractivity contribution < 1.29 is 4.74 Å². The lowest BCUT2D eigenvalue weighted by molar-refractivity contribution is 0.414. The number of aromatic amines is 1. The Morgan fingerprint density at radius 2 is 2.13 bits per heavy atom. The number of H-pyrrole nitrogens is 1. The normalized spacial score (nSPS) is 16.9. The minimum absolute atomic E-state index is 0.0470. The number of rotatable bonds is 5. The molecule has 160 valence electrons. The molecule has 5 rings (SSSR count). The van der Waals surface area contributed by atoms with Gasteiger partial charge < -0.3 is 9.72 Å². The number of nitrogens with zero attached hydrogens (tertiary/aromatic N) is 5. The van der Waals surface area contributed by atoms with Crippen molar-refractivity contribution in [3.8, 4) is 11.4 Å². The minimum Gasteiger partial charge on any atom is -0.497 e. The van der Waals surface area contributed by atoms with E-state index in [1.54, 1.807) is 23.1 Å². The first-order valence-corrected chi connectivity index (χ1v) is 11.9. The Hall–Kier alpha value is -2.72. The number of tetrazole rings is 1. The van der Waals surface area contributed by atoms with Crippen molar-refractivity contribution in [2.24, 2.45) is 5.92 Å². The summed E-state index contributed by atoms with van der Waals surface area (Å²) < 4.78 is 6.88. The van der Waals surface area contributed by atoms with Gasteiger partial charge in [0, 0.05) is 4.88 Å². The molecule has 0 amide bonds. The van der Waals surface area contributed by atoms with Crippen molar-refractivity contribution in [3.05, 3.63) is 50.9 Å². The summed E-state index contributed by atoms with van der Waals surface area (Å²) in [7, 11) is 1.63. The summed E-state index contributed by atoms with van der Waals surface area (Å²) in [5, 5.41) is 13.4. The van der Waals surface area contributed by atoms with Gasteiger partial charge in [0.15, 0.2) is 0 Å². The van der Waals surface area contributed by atoms with Gasteiger partial charge in [-0.1, -0.05) is 18.7 Å². The zero-order chi connectivity index (χ0) is 21.5. The van der Waals surface area contributed by atoms with E-state index in [0.717, 1.165) is 40.9 Å². The van der Waals surface area contributed by atoms with Crippen LogP contribution in [0, 0.1) is 5.92 Å². The molecule has 0 fully saturated rings. The average Bonchev–Trinajstić information content (AvgIpc) is 3.37. The Balaban J connectivity index is 1.44. The second kappa shape index (κ2) is 8.08. The molecule has 1 aliphatic carbocycles. The average molecular weight is 455 g/mol. The lowest BCUT2D eigenvalue weighted by atomic mass is 9.89. The van der Waals surface area contributed by atoms with Crippen LogP contribution in [0.1, 0.15) is 41.8 Å². The number of methoxy groups -OCH3 is 1. The van der Waals surface area contributed by atoms with Gasteiger partial charge in [0.1, 0.15) is 16.4 Å². The predicted molar refractivity (Wildman–Crippen MR) is 121 cm³/mol. The number of thioether (sulfide) groups is 1. The van der Waals surface area contributed by atoms with E-state index in [1.165, 1.54) is 22.2 Å². The van der Waals surface area contributed by atoms with E-state index in [-0.39, 0.29) is 10.8 Å². The third-order valence-corrected chi connectivity index (χ3v) is 7.80. The Kier molecular flexibility index (Phi) is 5.27. The van der Waals surface area contributed by atoms with Crippen molar-refractivity contribution in [1.29, 1.82) is 0 Å². The monoisotopic (exact) mass is 454 g/mol. The number of nitrogens with one attached hydrogen (secondary N) is 1. The molecule has 0 aliphatic heterocycles. The van der Waals surface area contributed by atoms with Gasteiger partial charge in [0.25, 0.3) is 5.56 Å². The van der Waals surface area contributed by atoms with Gasteiger partial charge in [0.05, 0.1) is 23.4 Å². The number of aryl methyl sites for hydroxylation is 1. The molecule has 10 heteroatoms. The molecule has 3 heterocycles. The second-order valence-electron chi connectivity index (χ2n) is 7.81. The molecular weight excluding hydrogens is 432 g/mol. The van der Waals surface area contributed by atoms with E-state index in [9.17, 15) is 4.79 Å². The van der Waals surface area contributed by atoms with Crippen LogP contribution < -0.4 is 10.3 Å². The van der Waals surface area contributed by atoms with Crippen LogP contribution >= 0.6 is 23.1 Å². The molecule has 2 unspecified atom stereocenters. The van der Waals surface area contributed by atoms with Crippen LogP contribution in [0.2, 0.25) is 0 Å². The van der Waals surface area contributed by atoms with Crippen LogP contribution in [0.15, 0.2) is 34.2 Å². The van der Waals surface area contributed by atoms with Crippen molar-refractivity contribution in [1.82, 2.24) is 30.2 Å². The van der Waals surface area contributed by atoms with Crippen LogP contribution in [-0.4, -0.2) is 37.3 Å². The smallest absolute Gasteiger partial charge is 0.259 e. The standard InChI is InChI=1S/C21H22N6O2S2/c1-11-4-9-15-16(10-11)31-20-17(15)19(28)22-18(23-20)12(2)30-21-24-25-26-27(21)13-5-7-14(29-3)8-6-13/h5-8,11-12H,4,9-10H2,1-3H3,(H,22,23,28). The van der Waals surface area contributed by atoms with Gasteiger partial charge in [-0.05, 0) is 72.4 Å². The minimum atomic E-state index is -0.127. The number of fused-ring (bicyclic) bond motifs is 3. The first-order chi connectivity index (χ1) is 15.0. The molecule has 0 radical (unpaired) electrons. The van der Waals surface area contributed by atoms with Crippen LogP contribution in [0.25, 0.3) is 15.9 Å². The van der Waals surface area contributed by atoms with Crippen molar-refractivity contribution in [2.75, 3.05) is 7.11 Å². The summed E-state index contributed by atoms with van der Waals surface area (Å²) in [6.45, 7) is 4.26. The molecule has 0 saturated carbocycles. The van der Waals surface area contributed by atoms with Gasteiger partial charge in [-0.2, -0.15) is 4.68 Å². The summed E-state index contributed by atoms with van der Waals surface area (Å²) in [5.74, 6) is 2.06. The van der Waals surface area contributed by atoms with Crippen LogP contribution in [0.5, 0.6) is 5.75 Å². The maximum atomic E-state index is 12.9. The summed E-state index contributed by atoms with van der Waals surface area (Å²) in [5.41, 5.74) is 1.98. The molecule has 2 atom stereocenters. The summed E-state index contributed by atoms with van der Waals surface area (Å²) in [6, 6.07) is 7.52. The molecule has 8 nitrogen and oxygen atoms in total. The highest BCUT2D eigenvalue weighted by atomic mass is 32.2. The molecule has 31 heavy (non-hydrogen) atoms. The highest BCUT2D eigenvalue weighted by Crippen LogP contribution is 2.37. The number of aromatic nitrogens is 6. The van der Waals surface area contributed by atoms with E-state index < -0.39 is 0 Å². The molecule has 0 saturated heterocycles. The third kappa shape index (κ3) is 3.74. The topological polar surface area (TPSA) is 98.6 Å². The van der Waals surface area contributed by atoms with Gasteiger partial charge in [0.2, 0.25) is 5.16 Å². The summed E-state index contributed by atoms with van der Waals surface area (Å²) in [4.78, 5) is 22.9. The molecule has 4 aromatic rings. The second-order valence-corrected chi connectivity index (χ2v) is 10.2. The first kappa shape index (κ1) is 20.2. The van der Waals surface area contributed by atoms with Gasteiger partial charge in [-0.15, -0.1) is 16.4 Å². The summed E-state index contributed by atoms with van der Waals surface area (Å²) in [6.07, 6.45) is 3.12. The maximum absolute atomic E-state index is 12.9. The van der Waals surface area contributed by atoms with E-state index in [0.29, 0.717) is 16.9 Å². The summed E-state index contributed by atoms with van der Waals surface area (Å²) >= 11 is 3.12. The fourth-order valence-electron chi connectivity index (χ4n) is 3.91. The number of benzene rings is 1. The van der Waals surface area contributed by atoms with E-state index >= 15 is 0 Å². The molecule has 1 aromatic carbocycles. The number of ether oxygens (including phenoxy) is 1. The van der Waals surface area contributed by atoms with Gasteiger partial charge >= 0.3 is 0 Å². The fraction of sp³-hybridized carbons (Fsp3) is 0.381. The third-order valence-electron chi connectivity index (χ3n) is 5.61. The molecule has 1 aliphatic rings. The maximum Gasteiger partial charge on any atom is 0.259 e. The van der Waals surface area contributed by atoms with Gasteiger partial charge in [-0.3, -0.25) is 4.79 Å².